The predicted octanol–water partition coefficient (Wildman–Crippen LogP) is 2.53. The van der Waals surface area contributed by atoms with Crippen LogP contribution < -0.4 is 5.32 Å². The summed E-state index contributed by atoms with van der Waals surface area (Å²) in [5, 5.41) is 3.33. The molecule has 0 aliphatic carbocycles. The zero-order valence-electron chi connectivity index (χ0n) is 10.6. The maximum absolute atomic E-state index is 4.45. The molecule has 17 heavy (non-hydrogen) atoms. The van der Waals surface area contributed by atoms with Gasteiger partial charge in [-0.15, -0.1) is 0 Å². The molecule has 0 saturated heterocycles. The van der Waals surface area contributed by atoms with Gasteiger partial charge < -0.3 is 9.88 Å². The van der Waals surface area contributed by atoms with Gasteiger partial charge in [-0.2, -0.15) is 0 Å². The van der Waals surface area contributed by atoms with Crippen LogP contribution in [0.5, 0.6) is 0 Å². The molecule has 0 aliphatic heterocycles. The first-order chi connectivity index (χ1) is 8.20. The third kappa shape index (κ3) is 2.64. The van der Waals surface area contributed by atoms with E-state index >= 15 is 0 Å². The highest BCUT2D eigenvalue weighted by atomic mass is 15.2. The Morgan fingerprint density at radius 2 is 2.18 bits per heavy atom. The Kier molecular flexibility index (Phi) is 3.42. The largest absolute Gasteiger partial charge is 0.350 e. The van der Waals surface area contributed by atoms with Gasteiger partial charge in [0.1, 0.15) is 0 Å². The number of pyridine rings is 1. The molecule has 0 aromatic carbocycles. The fourth-order valence-corrected chi connectivity index (χ4v) is 1.80. The number of nitrogens with one attached hydrogen (secondary N) is 1. The van der Waals surface area contributed by atoms with Crippen LogP contribution in [0.3, 0.4) is 0 Å². The van der Waals surface area contributed by atoms with Crippen molar-refractivity contribution in [3.8, 4) is 0 Å². The van der Waals surface area contributed by atoms with E-state index in [1.165, 1.54) is 5.56 Å². The Bertz CT molecular complexity index is 502. The van der Waals surface area contributed by atoms with Gasteiger partial charge in [-0.1, -0.05) is 6.07 Å². The number of nitrogens with zero attached hydrogens (tertiary/aromatic N) is 3. The highest BCUT2D eigenvalue weighted by Crippen LogP contribution is 2.10. The molecule has 0 bridgehead atoms. The van der Waals surface area contributed by atoms with Gasteiger partial charge in [0, 0.05) is 18.9 Å². The van der Waals surface area contributed by atoms with Crippen LogP contribution in [-0.4, -0.2) is 14.5 Å². The highest BCUT2D eigenvalue weighted by molar-refractivity contribution is 5.31. The highest BCUT2D eigenvalue weighted by Gasteiger charge is 2.04. The van der Waals surface area contributed by atoms with E-state index in [-0.39, 0.29) is 0 Å². The van der Waals surface area contributed by atoms with E-state index in [9.17, 15) is 0 Å². The fraction of sp³-hybridized carbons (Fsp3) is 0.385. The number of hydrogen-bond donors (Lipinski definition) is 1. The normalized spacial score (nSPS) is 10.5. The van der Waals surface area contributed by atoms with Crippen molar-refractivity contribution in [2.45, 2.75) is 33.9 Å². The van der Waals surface area contributed by atoms with Gasteiger partial charge in [0.2, 0.25) is 5.95 Å². The summed E-state index contributed by atoms with van der Waals surface area (Å²) in [5.74, 6) is 0.912. The third-order valence-electron chi connectivity index (χ3n) is 2.77. The molecule has 90 valence electrons. The van der Waals surface area contributed by atoms with Crippen molar-refractivity contribution in [3.05, 3.63) is 41.5 Å². The maximum atomic E-state index is 4.45. The minimum absolute atomic E-state index is 0.711. The van der Waals surface area contributed by atoms with E-state index in [1.807, 2.05) is 25.4 Å². The summed E-state index contributed by atoms with van der Waals surface area (Å²) in [6.07, 6.45) is 3.87. The second kappa shape index (κ2) is 4.99. The lowest BCUT2D eigenvalue weighted by atomic mass is 10.2. The minimum Gasteiger partial charge on any atom is -0.350 e. The molecular weight excluding hydrogens is 212 g/mol. The van der Waals surface area contributed by atoms with Crippen LogP contribution >= 0.6 is 0 Å². The number of anilines is 1. The van der Waals surface area contributed by atoms with Crippen LogP contribution in [-0.2, 0) is 13.1 Å². The van der Waals surface area contributed by atoms with Gasteiger partial charge in [-0.25, -0.2) is 4.98 Å². The molecule has 0 radical (unpaired) electrons. The topological polar surface area (TPSA) is 42.7 Å². The maximum Gasteiger partial charge on any atom is 0.203 e. The molecule has 4 nitrogen and oxygen atoms in total. The van der Waals surface area contributed by atoms with Crippen LogP contribution in [0.25, 0.3) is 0 Å². The molecule has 0 amide bonds. The molecule has 1 N–H and O–H groups in total. The van der Waals surface area contributed by atoms with Crippen molar-refractivity contribution in [1.29, 1.82) is 0 Å². The van der Waals surface area contributed by atoms with Crippen LogP contribution in [0, 0.1) is 13.8 Å². The van der Waals surface area contributed by atoms with Crippen LogP contribution in [0.2, 0.25) is 0 Å². The molecule has 4 heteroatoms. The van der Waals surface area contributed by atoms with Gasteiger partial charge in [0.25, 0.3) is 0 Å². The molecule has 0 aliphatic rings. The lowest BCUT2D eigenvalue weighted by Crippen LogP contribution is -2.08. The summed E-state index contributed by atoms with van der Waals surface area (Å²) in [6.45, 7) is 7.82. The zero-order valence-corrected chi connectivity index (χ0v) is 10.6. The molecule has 2 heterocycles. The van der Waals surface area contributed by atoms with E-state index < -0.39 is 0 Å². The van der Waals surface area contributed by atoms with Crippen LogP contribution in [0.4, 0.5) is 5.95 Å². The van der Waals surface area contributed by atoms with E-state index in [1.54, 1.807) is 0 Å². The average molecular weight is 230 g/mol. The van der Waals surface area contributed by atoms with Crippen LogP contribution in [0.1, 0.15) is 23.9 Å². The van der Waals surface area contributed by atoms with Crippen molar-refractivity contribution >= 4 is 5.95 Å². The lowest BCUT2D eigenvalue weighted by molar-refractivity contribution is 0.761. The summed E-state index contributed by atoms with van der Waals surface area (Å²) < 4.78 is 2.10. The first-order valence-electron chi connectivity index (χ1n) is 5.89. The SMILES string of the molecule is CCn1cc(C)nc1NCc1ncccc1C. The number of aromatic nitrogens is 3. The van der Waals surface area contributed by atoms with E-state index in [2.05, 4.69) is 39.8 Å². The van der Waals surface area contributed by atoms with Gasteiger partial charge in [0.15, 0.2) is 0 Å². The number of aryl methyl sites for hydroxylation is 3. The van der Waals surface area contributed by atoms with E-state index in [0.717, 1.165) is 23.9 Å². The van der Waals surface area contributed by atoms with Gasteiger partial charge in [0.05, 0.1) is 17.9 Å². The predicted molar refractivity (Wildman–Crippen MR) is 68.9 cm³/mol. The number of hydrogen-bond acceptors (Lipinski definition) is 3. The quantitative estimate of drug-likeness (QED) is 0.877. The van der Waals surface area contributed by atoms with Gasteiger partial charge >= 0.3 is 0 Å². The van der Waals surface area contributed by atoms with E-state index in [4.69, 9.17) is 0 Å². The Hall–Kier alpha value is -1.84. The molecule has 0 unspecified atom stereocenters. The average Bonchev–Trinajstić information content (AvgIpc) is 2.69. The lowest BCUT2D eigenvalue weighted by Gasteiger charge is -2.08. The zero-order chi connectivity index (χ0) is 12.3. The summed E-state index contributed by atoms with van der Waals surface area (Å²) in [5.41, 5.74) is 3.30. The Labute approximate surface area is 102 Å². The van der Waals surface area contributed by atoms with Gasteiger partial charge in [-0.3, -0.25) is 4.98 Å². The van der Waals surface area contributed by atoms with Crippen molar-refractivity contribution in [2.24, 2.45) is 0 Å². The monoisotopic (exact) mass is 230 g/mol. The molecule has 0 atom stereocenters. The van der Waals surface area contributed by atoms with Crippen molar-refractivity contribution < 1.29 is 0 Å². The van der Waals surface area contributed by atoms with Crippen molar-refractivity contribution in [1.82, 2.24) is 14.5 Å². The second-order valence-electron chi connectivity index (χ2n) is 4.11. The fourth-order valence-electron chi connectivity index (χ4n) is 1.80. The molecule has 2 aromatic rings. The molecule has 2 aromatic heterocycles. The minimum atomic E-state index is 0.711. The summed E-state index contributed by atoms with van der Waals surface area (Å²) >= 11 is 0. The van der Waals surface area contributed by atoms with Crippen molar-refractivity contribution in [3.63, 3.8) is 0 Å². The van der Waals surface area contributed by atoms with Crippen LogP contribution in [0.15, 0.2) is 24.5 Å². The molecule has 0 spiro atoms. The summed E-state index contributed by atoms with van der Waals surface area (Å²) in [6, 6.07) is 4.03. The Morgan fingerprint density at radius 3 is 2.88 bits per heavy atom. The standard InChI is InChI=1S/C13H18N4/c1-4-17-9-11(3)16-13(17)15-8-12-10(2)6-5-7-14-12/h5-7,9H,4,8H2,1-3H3,(H,15,16). The number of rotatable bonds is 4. The first-order valence-corrected chi connectivity index (χ1v) is 5.89. The van der Waals surface area contributed by atoms with E-state index in [0.29, 0.717) is 6.54 Å². The molecule has 0 saturated carbocycles. The Balaban J connectivity index is 2.09. The number of imidazole rings is 1. The summed E-state index contributed by atoms with van der Waals surface area (Å²) in [7, 11) is 0. The van der Waals surface area contributed by atoms with Crippen molar-refractivity contribution in [2.75, 3.05) is 5.32 Å². The molecular formula is C13H18N4. The Morgan fingerprint density at radius 1 is 1.35 bits per heavy atom. The second-order valence-corrected chi connectivity index (χ2v) is 4.11. The molecule has 0 fully saturated rings. The summed E-state index contributed by atoms with van der Waals surface area (Å²) in [4.78, 5) is 8.81. The third-order valence-corrected chi connectivity index (χ3v) is 2.77. The first kappa shape index (κ1) is 11.6. The molecule has 2 rings (SSSR count). The smallest absolute Gasteiger partial charge is 0.203 e. The van der Waals surface area contributed by atoms with Gasteiger partial charge in [-0.05, 0) is 32.4 Å².